The minimum absolute atomic E-state index is 0.0203. The molecule has 1 atom stereocenters. The van der Waals surface area contributed by atoms with Crippen LogP contribution >= 0.6 is 0 Å². The molecule has 1 aromatic carbocycles. The minimum Gasteiger partial charge on any atom is -0.511 e. The monoisotopic (exact) mass is 179 g/mol. The van der Waals surface area contributed by atoms with Crippen molar-refractivity contribution in [2.24, 2.45) is 5.73 Å². The Bertz CT molecular complexity index is 292. The molecule has 4 N–H and O–H groups in total. The highest BCUT2D eigenvalue weighted by molar-refractivity contribution is 5.27. The van der Waals surface area contributed by atoms with Crippen LogP contribution in [0.4, 0.5) is 0 Å². The maximum absolute atomic E-state index is 9.00. The number of rotatable bonds is 3. The first-order chi connectivity index (χ1) is 6.09. The van der Waals surface area contributed by atoms with Gasteiger partial charge in [0.15, 0.2) is 0 Å². The quantitative estimate of drug-likeness (QED) is 0.613. The smallest absolute Gasteiger partial charge is 0.115 e. The molecule has 0 aliphatic rings. The fraction of sp³-hybridized carbons (Fsp3) is 0.200. The number of aliphatic hydroxyl groups is 1. The summed E-state index contributed by atoms with van der Waals surface area (Å²) in [6.45, 7) is 3.35. The molecule has 1 aromatic rings. The van der Waals surface area contributed by atoms with Gasteiger partial charge >= 0.3 is 0 Å². The molecule has 0 aliphatic heterocycles. The summed E-state index contributed by atoms with van der Waals surface area (Å²) >= 11 is 0. The van der Waals surface area contributed by atoms with Crippen molar-refractivity contribution in [3.8, 4) is 5.75 Å². The van der Waals surface area contributed by atoms with E-state index in [0.717, 1.165) is 5.56 Å². The highest BCUT2D eigenvalue weighted by Gasteiger charge is 2.06. The Balaban J connectivity index is 2.64. The molecular formula is C10H13NO2. The van der Waals surface area contributed by atoms with E-state index in [1.165, 1.54) is 0 Å². The van der Waals surface area contributed by atoms with Crippen LogP contribution in [-0.4, -0.2) is 16.3 Å². The second-order valence-electron chi connectivity index (χ2n) is 2.97. The first-order valence-electron chi connectivity index (χ1n) is 4.01. The van der Waals surface area contributed by atoms with E-state index in [9.17, 15) is 0 Å². The van der Waals surface area contributed by atoms with Crippen LogP contribution in [0.5, 0.6) is 5.75 Å². The first kappa shape index (κ1) is 9.61. The Hall–Kier alpha value is -1.48. The maximum atomic E-state index is 9.00. The fourth-order valence-corrected chi connectivity index (χ4v) is 1.00. The standard InChI is InChI=1S/C10H13NO2/c1-7(12)10(11)6-8-2-4-9(13)5-3-8/h2-5,10,12-13H,1,6,11H2. The van der Waals surface area contributed by atoms with Crippen molar-refractivity contribution in [2.45, 2.75) is 12.5 Å². The number of benzene rings is 1. The molecule has 1 unspecified atom stereocenters. The molecule has 0 spiro atoms. The Morgan fingerprint density at radius 3 is 2.38 bits per heavy atom. The van der Waals surface area contributed by atoms with E-state index in [-0.39, 0.29) is 11.5 Å². The molecule has 0 aliphatic carbocycles. The Labute approximate surface area is 77.1 Å². The van der Waals surface area contributed by atoms with Gasteiger partial charge in [0.1, 0.15) is 11.5 Å². The van der Waals surface area contributed by atoms with E-state index in [1.54, 1.807) is 24.3 Å². The van der Waals surface area contributed by atoms with Gasteiger partial charge in [-0.15, -0.1) is 0 Å². The SMILES string of the molecule is C=C(O)C(N)Cc1ccc(O)cc1. The summed E-state index contributed by atoms with van der Waals surface area (Å²) in [5.74, 6) is 0.202. The van der Waals surface area contributed by atoms with E-state index < -0.39 is 6.04 Å². The predicted molar refractivity (Wildman–Crippen MR) is 51.6 cm³/mol. The van der Waals surface area contributed by atoms with Gasteiger partial charge in [-0.1, -0.05) is 18.7 Å². The number of phenols is 1. The van der Waals surface area contributed by atoms with Crippen molar-refractivity contribution in [1.82, 2.24) is 0 Å². The molecule has 0 radical (unpaired) electrons. The summed E-state index contributed by atoms with van der Waals surface area (Å²) in [5, 5.41) is 18.0. The zero-order chi connectivity index (χ0) is 9.84. The van der Waals surface area contributed by atoms with Crippen LogP contribution in [0.3, 0.4) is 0 Å². The van der Waals surface area contributed by atoms with Crippen LogP contribution in [-0.2, 0) is 6.42 Å². The third-order valence-corrected chi connectivity index (χ3v) is 1.82. The molecule has 0 saturated heterocycles. The van der Waals surface area contributed by atoms with Crippen molar-refractivity contribution in [2.75, 3.05) is 0 Å². The summed E-state index contributed by atoms with van der Waals surface area (Å²) in [6.07, 6.45) is 0.523. The largest absolute Gasteiger partial charge is 0.511 e. The zero-order valence-corrected chi connectivity index (χ0v) is 7.27. The molecule has 0 amide bonds. The van der Waals surface area contributed by atoms with Crippen LogP contribution in [0.2, 0.25) is 0 Å². The number of aromatic hydroxyl groups is 1. The molecule has 3 nitrogen and oxygen atoms in total. The molecule has 1 rings (SSSR count). The number of aliphatic hydroxyl groups excluding tert-OH is 1. The summed E-state index contributed by atoms with van der Waals surface area (Å²) in [5.41, 5.74) is 6.53. The normalized spacial score (nSPS) is 12.4. The summed E-state index contributed by atoms with van der Waals surface area (Å²) in [7, 11) is 0. The summed E-state index contributed by atoms with van der Waals surface area (Å²) < 4.78 is 0. The second kappa shape index (κ2) is 3.96. The number of hydrogen-bond acceptors (Lipinski definition) is 3. The highest BCUT2D eigenvalue weighted by atomic mass is 16.3. The van der Waals surface area contributed by atoms with Crippen LogP contribution < -0.4 is 5.73 Å². The third-order valence-electron chi connectivity index (χ3n) is 1.82. The van der Waals surface area contributed by atoms with E-state index in [2.05, 4.69) is 6.58 Å². The van der Waals surface area contributed by atoms with Crippen molar-refractivity contribution in [3.63, 3.8) is 0 Å². The van der Waals surface area contributed by atoms with Gasteiger partial charge in [0.25, 0.3) is 0 Å². The van der Waals surface area contributed by atoms with Gasteiger partial charge in [0.05, 0.1) is 6.04 Å². The predicted octanol–water partition coefficient (Wildman–Crippen LogP) is 1.33. The highest BCUT2D eigenvalue weighted by Crippen LogP contribution is 2.11. The van der Waals surface area contributed by atoms with Gasteiger partial charge < -0.3 is 15.9 Å². The van der Waals surface area contributed by atoms with Crippen molar-refractivity contribution in [3.05, 3.63) is 42.2 Å². The molecule has 0 bridgehead atoms. The van der Waals surface area contributed by atoms with Crippen LogP contribution in [0, 0.1) is 0 Å². The molecule has 70 valence electrons. The average Bonchev–Trinajstić information content (AvgIpc) is 2.08. The lowest BCUT2D eigenvalue weighted by atomic mass is 10.1. The Morgan fingerprint density at radius 2 is 1.92 bits per heavy atom. The minimum atomic E-state index is -0.440. The summed E-state index contributed by atoms with van der Waals surface area (Å²) in [6, 6.07) is 6.25. The number of nitrogens with two attached hydrogens (primary N) is 1. The summed E-state index contributed by atoms with van der Waals surface area (Å²) in [4.78, 5) is 0. The van der Waals surface area contributed by atoms with Crippen LogP contribution in [0.25, 0.3) is 0 Å². The van der Waals surface area contributed by atoms with Gasteiger partial charge in [-0.05, 0) is 24.1 Å². The van der Waals surface area contributed by atoms with Crippen LogP contribution in [0.15, 0.2) is 36.6 Å². The van der Waals surface area contributed by atoms with E-state index >= 15 is 0 Å². The van der Waals surface area contributed by atoms with Crippen molar-refractivity contribution in [1.29, 1.82) is 0 Å². The molecule has 13 heavy (non-hydrogen) atoms. The number of phenolic OH excluding ortho intramolecular Hbond substituents is 1. The topological polar surface area (TPSA) is 66.5 Å². The van der Waals surface area contributed by atoms with Crippen molar-refractivity contribution >= 4 is 0 Å². The van der Waals surface area contributed by atoms with E-state index in [0.29, 0.717) is 6.42 Å². The second-order valence-corrected chi connectivity index (χ2v) is 2.97. The van der Waals surface area contributed by atoms with Crippen LogP contribution in [0.1, 0.15) is 5.56 Å². The average molecular weight is 179 g/mol. The van der Waals surface area contributed by atoms with Gasteiger partial charge in [-0.2, -0.15) is 0 Å². The molecular weight excluding hydrogens is 166 g/mol. The number of hydrogen-bond donors (Lipinski definition) is 3. The van der Waals surface area contributed by atoms with E-state index in [1.807, 2.05) is 0 Å². The third kappa shape index (κ3) is 2.80. The van der Waals surface area contributed by atoms with Gasteiger partial charge in [0, 0.05) is 0 Å². The lowest BCUT2D eigenvalue weighted by Gasteiger charge is -2.09. The van der Waals surface area contributed by atoms with Gasteiger partial charge in [0.2, 0.25) is 0 Å². The Morgan fingerprint density at radius 1 is 1.38 bits per heavy atom. The molecule has 3 heteroatoms. The lowest BCUT2D eigenvalue weighted by molar-refractivity contribution is 0.368. The van der Waals surface area contributed by atoms with Gasteiger partial charge in [-0.3, -0.25) is 0 Å². The molecule has 0 fully saturated rings. The van der Waals surface area contributed by atoms with Crippen molar-refractivity contribution < 1.29 is 10.2 Å². The maximum Gasteiger partial charge on any atom is 0.115 e. The van der Waals surface area contributed by atoms with E-state index in [4.69, 9.17) is 15.9 Å². The lowest BCUT2D eigenvalue weighted by Crippen LogP contribution is -2.24. The first-order valence-corrected chi connectivity index (χ1v) is 4.01. The zero-order valence-electron chi connectivity index (χ0n) is 7.27. The molecule has 0 aromatic heterocycles. The fourth-order valence-electron chi connectivity index (χ4n) is 1.00. The molecule has 0 heterocycles. The molecule has 0 saturated carbocycles. The van der Waals surface area contributed by atoms with Gasteiger partial charge in [-0.25, -0.2) is 0 Å². The Kier molecular flexibility index (Phi) is 2.93.